The maximum absolute atomic E-state index is 11.9. The van der Waals surface area contributed by atoms with Gasteiger partial charge in [-0.05, 0) is 42.9 Å². The van der Waals surface area contributed by atoms with Gasteiger partial charge in [-0.15, -0.1) is 12.4 Å². The first-order chi connectivity index (χ1) is 9.31. The minimum Gasteiger partial charge on any atom is -0.355 e. The van der Waals surface area contributed by atoms with Gasteiger partial charge in [-0.1, -0.05) is 31.2 Å². The quantitative estimate of drug-likeness (QED) is 0.793. The Balaban J connectivity index is 0.00000200. The third-order valence-corrected chi connectivity index (χ3v) is 3.80. The summed E-state index contributed by atoms with van der Waals surface area (Å²) in [6.45, 7) is 4.59. The Labute approximate surface area is 127 Å². The number of aryl methyl sites for hydroxylation is 1. The molecular formula is C16H25ClN2O. The van der Waals surface area contributed by atoms with Crippen molar-refractivity contribution in [1.29, 1.82) is 0 Å². The van der Waals surface area contributed by atoms with Gasteiger partial charge < -0.3 is 10.6 Å². The van der Waals surface area contributed by atoms with Crippen molar-refractivity contribution < 1.29 is 4.79 Å². The number of carbonyl (C=O) groups is 1. The lowest BCUT2D eigenvalue weighted by Crippen LogP contribution is -2.32. The van der Waals surface area contributed by atoms with Crippen LogP contribution in [-0.2, 0) is 11.2 Å². The van der Waals surface area contributed by atoms with E-state index >= 15 is 0 Å². The molecule has 2 N–H and O–H groups in total. The van der Waals surface area contributed by atoms with Crippen molar-refractivity contribution >= 4 is 18.3 Å². The van der Waals surface area contributed by atoms with Gasteiger partial charge in [-0.2, -0.15) is 0 Å². The second-order valence-electron chi connectivity index (χ2n) is 5.20. The van der Waals surface area contributed by atoms with Gasteiger partial charge in [-0.3, -0.25) is 4.79 Å². The molecule has 3 nitrogen and oxygen atoms in total. The van der Waals surface area contributed by atoms with E-state index in [0.717, 1.165) is 32.5 Å². The van der Waals surface area contributed by atoms with Crippen LogP contribution in [0.25, 0.3) is 0 Å². The van der Waals surface area contributed by atoms with Gasteiger partial charge in [0.25, 0.3) is 0 Å². The molecule has 1 aromatic rings. The average molecular weight is 297 g/mol. The number of halogens is 1. The zero-order valence-corrected chi connectivity index (χ0v) is 13.0. The highest BCUT2D eigenvalue weighted by atomic mass is 35.5. The summed E-state index contributed by atoms with van der Waals surface area (Å²) in [5.74, 6) is 0.587. The molecule has 1 amide bonds. The van der Waals surface area contributed by atoms with E-state index in [0.29, 0.717) is 12.3 Å². The molecule has 0 heterocycles. The molecule has 0 radical (unpaired) electrons. The van der Waals surface area contributed by atoms with Crippen molar-refractivity contribution in [2.75, 3.05) is 19.6 Å². The molecule has 20 heavy (non-hydrogen) atoms. The van der Waals surface area contributed by atoms with Crippen LogP contribution in [0.15, 0.2) is 24.3 Å². The molecule has 1 aliphatic carbocycles. The van der Waals surface area contributed by atoms with Gasteiger partial charge in [0.15, 0.2) is 0 Å². The second-order valence-corrected chi connectivity index (χ2v) is 5.20. The van der Waals surface area contributed by atoms with Crippen LogP contribution < -0.4 is 10.6 Å². The minimum absolute atomic E-state index is 0. The molecule has 1 aromatic carbocycles. The van der Waals surface area contributed by atoms with Crippen LogP contribution in [0.1, 0.15) is 43.2 Å². The van der Waals surface area contributed by atoms with E-state index in [1.54, 1.807) is 0 Å². The summed E-state index contributed by atoms with van der Waals surface area (Å²) >= 11 is 0. The second kappa shape index (κ2) is 8.98. The molecule has 4 heteroatoms. The normalized spacial score (nSPS) is 16.9. The van der Waals surface area contributed by atoms with Crippen molar-refractivity contribution in [3.63, 3.8) is 0 Å². The first kappa shape index (κ1) is 17.0. The molecule has 0 fully saturated rings. The number of benzene rings is 1. The maximum Gasteiger partial charge on any atom is 0.220 e. The zero-order valence-electron chi connectivity index (χ0n) is 12.2. The maximum atomic E-state index is 11.9. The van der Waals surface area contributed by atoms with Crippen molar-refractivity contribution in [2.45, 2.75) is 38.5 Å². The summed E-state index contributed by atoms with van der Waals surface area (Å²) < 4.78 is 0. The fourth-order valence-electron chi connectivity index (χ4n) is 2.83. The van der Waals surface area contributed by atoms with E-state index in [2.05, 4.69) is 41.8 Å². The number of nitrogens with one attached hydrogen (secondary N) is 2. The van der Waals surface area contributed by atoms with Crippen molar-refractivity contribution in [2.24, 2.45) is 0 Å². The number of rotatable bonds is 6. The molecule has 2 rings (SSSR count). The smallest absolute Gasteiger partial charge is 0.220 e. The van der Waals surface area contributed by atoms with Crippen LogP contribution in [0.3, 0.4) is 0 Å². The Kier molecular flexibility index (Phi) is 7.63. The van der Waals surface area contributed by atoms with Crippen LogP contribution in [0.2, 0.25) is 0 Å². The van der Waals surface area contributed by atoms with E-state index in [1.807, 2.05) is 0 Å². The van der Waals surface area contributed by atoms with Gasteiger partial charge in [0.05, 0.1) is 0 Å². The fourth-order valence-corrected chi connectivity index (χ4v) is 2.83. The van der Waals surface area contributed by atoms with Crippen molar-refractivity contribution in [3.05, 3.63) is 35.4 Å². The van der Waals surface area contributed by atoms with Gasteiger partial charge >= 0.3 is 0 Å². The topological polar surface area (TPSA) is 41.1 Å². The van der Waals surface area contributed by atoms with Crippen LogP contribution in [-0.4, -0.2) is 25.5 Å². The molecule has 1 unspecified atom stereocenters. The summed E-state index contributed by atoms with van der Waals surface area (Å²) in [7, 11) is 0. The first-order valence-electron chi connectivity index (χ1n) is 7.36. The third-order valence-electron chi connectivity index (χ3n) is 3.80. The molecule has 112 valence electrons. The van der Waals surface area contributed by atoms with E-state index in [4.69, 9.17) is 0 Å². The monoisotopic (exact) mass is 296 g/mol. The Morgan fingerprint density at radius 3 is 2.90 bits per heavy atom. The number of amides is 1. The summed E-state index contributed by atoms with van der Waals surface area (Å²) in [5.41, 5.74) is 2.81. The van der Waals surface area contributed by atoms with Gasteiger partial charge in [0, 0.05) is 19.5 Å². The van der Waals surface area contributed by atoms with Crippen molar-refractivity contribution in [3.8, 4) is 0 Å². The fraction of sp³-hybridized carbons (Fsp3) is 0.562. The lowest BCUT2D eigenvalue weighted by atomic mass is 9.81. The van der Waals surface area contributed by atoms with Crippen LogP contribution in [0.4, 0.5) is 0 Å². The Morgan fingerprint density at radius 2 is 2.10 bits per heavy atom. The number of fused-ring (bicyclic) bond motifs is 1. The van der Waals surface area contributed by atoms with Gasteiger partial charge in [-0.25, -0.2) is 0 Å². The standard InChI is InChI=1S/C16H24N2O.ClH/c1-2-17-10-11-18-16(19)12-14-8-5-7-13-6-3-4-9-15(13)14;/h3-4,6,9,14,17H,2,5,7-8,10-12H2,1H3,(H,18,19);1H. The molecule has 0 bridgehead atoms. The minimum atomic E-state index is 0. The van der Waals surface area contributed by atoms with E-state index in [9.17, 15) is 4.79 Å². The van der Waals surface area contributed by atoms with Gasteiger partial charge in [0.2, 0.25) is 5.91 Å². The number of likely N-dealkylation sites (N-methyl/N-ethyl adjacent to an activating group) is 1. The molecule has 0 saturated heterocycles. The highest BCUT2D eigenvalue weighted by Crippen LogP contribution is 2.33. The van der Waals surface area contributed by atoms with Crippen LogP contribution >= 0.6 is 12.4 Å². The average Bonchev–Trinajstić information content (AvgIpc) is 2.44. The van der Waals surface area contributed by atoms with E-state index in [1.165, 1.54) is 17.5 Å². The highest BCUT2D eigenvalue weighted by Gasteiger charge is 2.21. The predicted octanol–water partition coefficient (Wildman–Crippen LogP) is 2.64. The molecule has 0 spiro atoms. The summed E-state index contributed by atoms with van der Waals surface area (Å²) in [6, 6.07) is 8.56. The van der Waals surface area contributed by atoms with Gasteiger partial charge in [0.1, 0.15) is 0 Å². The molecule has 0 aliphatic heterocycles. The van der Waals surface area contributed by atoms with E-state index < -0.39 is 0 Å². The third kappa shape index (κ3) is 4.80. The molecular weight excluding hydrogens is 272 g/mol. The predicted molar refractivity (Wildman–Crippen MR) is 85.5 cm³/mol. The highest BCUT2D eigenvalue weighted by molar-refractivity contribution is 5.85. The number of hydrogen-bond acceptors (Lipinski definition) is 2. The summed E-state index contributed by atoms with van der Waals surface area (Å²) in [6.07, 6.45) is 4.13. The van der Waals surface area contributed by atoms with Crippen molar-refractivity contribution in [1.82, 2.24) is 10.6 Å². The molecule has 0 aromatic heterocycles. The lowest BCUT2D eigenvalue weighted by Gasteiger charge is -2.25. The summed E-state index contributed by atoms with van der Waals surface area (Å²) in [4.78, 5) is 11.9. The molecule has 0 saturated carbocycles. The number of carbonyl (C=O) groups excluding carboxylic acids is 1. The van der Waals surface area contributed by atoms with Crippen LogP contribution in [0, 0.1) is 0 Å². The number of hydrogen-bond donors (Lipinski definition) is 2. The van der Waals surface area contributed by atoms with Crippen LogP contribution in [0.5, 0.6) is 0 Å². The largest absolute Gasteiger partial charge is 0.355 e. The first-order valence-corrected chi connectivity index (χ1v) is 7.36. The Bertz CT molecular complexity index is 423. The molecule has 1 atom stereocenters. The zero-order chi connectivity index (χ0) is 13.5. The Hall–Kier alpha value is -1.06. The lowest BCUT2D eigenvalue weighted by molar-refractivity contribution is -0.121. The Morgan fingerprint density at radius 1 is 1.30 bits per heavy atom. The summed E-state index contributed by atoms with van der Waals surface area (Å²) in [5, 5.41) is 6.20. The van der Waals surface area contributed by atoms with E-state index in [-0.39, 0.29) is 18.3 Å². The SMILES string of the molecule is CCNCCNC(=O)CC1CCCc2ccccc21.Cl. The molecule has 1 aliphatic rings.